The number of aliphatic hydroxyl groups is 2. The maximum absolute atomic E-state index is 13.4. The number of urea groups is 1. The van der Waals surface area contributed by atoms with Gasteiger partial charge in [0, 0.05) is 130 Å². The second kappa shape index (κ2) is 42.1. The molecule has 9 aliphatic heterocycles. The van der Waals surface area contributed by atoms with Crippen LogP contribution in [-0.2, 0) is 38.2 Å². The Labute approximate surface area is 780 Å². The first-order valence-electron chi connectivity index (χ1n) is 46.3. The zero-order valence-electron chi connectivity index (χ0n) is 75.7. The van der Waals surface area contributed by atoms with Crippen molar-refractivity contribution in [2.75, 3.05) is 106 Å². The Kier molecular flexibility index (Phi) is 29.0. The summed E-state index contributed by atoms with van der Waals surface area (Å²) < 4.78 is 29.7. The van der Waals surface area contributed by atoms with Crippen LogP contribution < -0.4 is 5.32 Å². The monoisotopic (exact) mass is 1800 g/mol. The quantitative estimate of drug-likeness (QED) is 0.0758. The maximum atomic E-state index is 13.4. The number of carbonyl (C=O) groups excluding carboxylic acids is 8. The molecule has 134 heavy (non-hydrogen) atoms. The minimum absolute atomic E-state index is 0.00312. The van der Waals surface area contributed by atoms with Gasteiger partial charge in [0.2, 0.25) is 29.5 Å². The summed E-state index contributed by atoms with van der Waals surface area (Å²) >= 11 is 0. The number of nitrogens with one attached hydrogen (secondary N) is 1. The van der Waals surface area contributed by atoms with Gasteiger partial charge in [0.25, 0.3) is 11.8 Å². The number of benzene rings is 8. The van der Waals surface area contributed by atoms with Crippen molar-refractivity contribution in [3.05, 3.63) is 316 Å². The molecule has 26 heteroatoms. The number of rotatable bonds is 16. The third-order valence-electron chi connectivity index (χ3n) is 27.8. The van der Waals surface area contributed by atoms with Gasteiger partial charge in [0.05, 0.1) is 87.5 Å². The molecule has 11 heterocycles. The number of nitrogens with zero attached hydrogens (tertiary/aromatic N) is 11. The molecule has 10 fully saturated rings. The van der Waals surface area contributed by atoms with E-state index in [-0.39, 0.29) is 182 Å². The van der Waals surface area contributed by atoms with Gasteiger partial charge in [0.1, 0.15) is 36.8 Å². The summed E-state index contributed by atoms with van der Waals surface area (Å²) in [6.07, 6.45) is 13.1. The fourth-order valence-corrected chi connectivity index (χ4v) is 21.3. The average molecular weight is 1800 g/mol. The normalized spacial score (nSPS) is 23.3. The van der Waals surface area contributed by atoms with Crippen LogP contribution in [0.15, 0.2) is 243 Å². The summed E-state index contributed by atoms with van der Waals surface area (Å²) in [6, 6.07) is 70.0. The van der Waals surface area contributed by atoms with E-state index in [2.05, 4.69) is 155 Å². The molecule has 12 atom stereocenters. The number of aromatic nitrogens is 3. The minimum atomic E-state index is -0.321. The molecule has 2 aromatic heterocycles. The maximum Gasteiger partial charge on any atom is 0.318 e. The van der Waals surface area contributed by atoms with E-state index in [4.69, 9.17) is 14.2 Å². The molecule has 3 N–H and O–H groups in total. The molecule has 10 aliphatic rings. The molecule has 0 bridgehead atoms. The number of pyridine rings is 1. The second-order valence-corrected chi connectivity index (χ2v) is 36.2. The van der Waals surface area contributed by atoms with Crippen LogP contribution in [0.25, 0.3) is 22.3 Å². The highest BCUT2D eigenvalue weighted by Gasteiger charge is 2.59. The molecule has 9 saturated heterocycles. The molecule has 1 aliphatic carbocycles. The summed E-state index contributed by atoms with van der Waals surface area (Å²) in [5.41, 5.74) is 15.4. The number of hydrogen-bond acceptors (Lipinski definition) is 16. The minimum Gasteiger partial charge on any atom is -0.394 e. The van der Waals surface area contributed by atoms with E-state index in [1.54, 1.807) is 80.1 Å². The van der Waals surface area contributed by atoms with Gasteiger partial charge >= 0.3 is 6.03 Å². The van der Waals surface area contributed by atoms with Crippen LogP contribution in [0.2, 0.25) is 0 Å². The Bertz CT molecular complexity index is 6010. The topological polar surface area (TPSA) is 281 Å². The van der Waals surface area contributed by atoms with Gasteiger partial charge in [-0.3, -0.25) is 43.5 Å². The highest BCUT2D eigenvalue weighted by atomic mass is 19.1. The third kappa shape index (κ3) is 20.2. The lowest BCUT2D eigenvalue weighted by atomic mass is 9.73. The van der Waals surface area contributed by atoms with Crippen LogP contribution in [-0.4, -0.2) is 272 Å². The number of methoxy groups -OCH3 is 2. The second-order valence-electron chi connectivity index (χ2n) is 36.2. The fraction of sp³-hybridized carbons (Fsp3) is 0.361. The standard InChI is InChI=1S/C28H35N3O3.C27H27FN2O4.C27H23N3O3.C26H26N4O3/c1-19-7-6-8-22(15-19)20-11-13-21(14-12-20)27-24-16-30(17-26(32)31(24)25(27)18-34-2)28(33)29-23-9-4-3-5-10-23;28-22-3-1-2-19(14-22)5-4-18-6-8-20(9-7-18)26-23-15-29(16-25(32)30(23)24(26)17-31)27(33)21-10-12-34-13-11-21;31-18-24-26(21-13-11-20(12-14-21)10-9-19-6-2-1-3-7-19)23-16-29(17-25(32)30(23)24)27(33)22-8-4-5-15-28-22;1-17-4-3-5-20(12-17)18-6-8-19(9-7-18)25-22-14-29(26(32)21-13-27-10-11-28-21)15-24(31)30(22)23(25)16-33-2/h6-8,11-15,23-25,27H,3-5,9-10,16-18H2,1-2H3,(H,29,33);1-3,6-9,14,21,23-24,26,31H,10-13,15-17H2;1-8,11-15,23-24,26,31H,16-18H2;3-13,22-23,25H,14-16H2,1-2H3/t24-,25+,27-;2*23-,24-,26-;22-,23+,25-/m0100/s1. The summed E-state index contributed by atoms with van der Waals surface area (Å²) in [5, 5.41) is 23.2. The Morgan fingerprint density at radius 2 is 0.843 bits per heavy atom. The molecule has 8 aromatic carbocycles. The molecular formula is C108H111FN12O13. The smallest absolute Gasteiger partial charge is 0.318 e. The predicted octanol–water partition coefficient (Wildman–Crippen LogP) is 11.7. The van der Waals surface area contributed by atoms with Crippen molar-refractivity contribution in [2.24, 2.45) is 5.92 Å². The molecule has 10 aromatic rings. The van der Waals surface area contributed by atoms with E-state index in [1.807, 2.05) is 88.7 Å². The summed E-state index contributed by atoms with van der Waals surface area (Å²) in [4.78, 5) is 130. The van der Waals surface area contributed by atoms with Gasteiger partial charge in [-0.1, -0.05) is 206 Å². The Morgan fingerprint density at radius 1 is 0.425 bits per heavy atom. The highest BCUT2D eigenvalue weighted by Crippen LogP contribution is 2.48. The number of fused-ring (bicyclic) bond motifs is 4. The average Bonchev–Trinajstić information content (AvgIpc) is 0.738. The van der Waals surface area contributed by atoms with Crippen molar-refractivity contribution in [3.63, 3.8) is 0 Å². The molecule has 20 rings (SSSR count). The van der Waals surface area contributed by atoms with Crippen LogP contribution in [0.5, 0.6) is 0 Å². The van der Waals surface area contributed by atoms with E-state index in [0.29, 0.717) is 76.7 Å². The number of aliphatic hydroxyl groups excluding tert-OH is 2. The van der Waals surface area contributed by atoms with Gasteiger partial charge in [-0.25, -0.2) is 14.2 Å². The molecule has 0 radical (unpaired) electrons. The van der Waals surface area contributed by atoms with Gasteiger partial charge in [-0.2, -0.15) is 0 Å². The van der Waals surface area contributed by atoms with Gasteiger partial charge in [-0.15, -0.1) is 0 Å². The van der Waals surface area contributed by atoms with Crippen molar-refractivity contribution < 1.29 is 67.2 Å². The van der Waals surface area contributed by atoms with Crippen molar-refractivity contribution in [1.29, 1.82) is 0 Å². The largest absolute Gasteiger partial charge is 0.394 e. The number of ether oxygens (including phenoxy) is 3. The predicted molar refractivity (Wildman–Crippen MR) is 503 cm³/mol. The number of carbonyl (C=O) groups is 8. The zero-order valence-corrected chi connectivity index (χ0v) is 75.7. The zero-order chi connectivity index (χ0) is 93.0. The lowest BCUT2D eigenvalue weighted by Crippen LogP contribution is -2.74. The van der Waals surface area contributed by atoms with E-state index in [9.17, 15) is 53.0 Å². The molecule has 0 spiro atoms. The third-order valence-corrected chi connectivity index (χ3v) is 27.8. The first-order valence-corrected chi connectivity index (χ1v) is 46.3. The first kappa shape index (κ1) is 92.3. The Balaban J connectivity index is 0.000000124. The van der Waals surface area contributed by atoms with E-state index in [0.717, 1.165) is 51.8 Å². The van der Waals surface area contributed by atoms with E-state index in [1.165, 1.54) is 83.4 Å². The summed E-state index contributed by atoms with van der Waals surface area (Å²) in [5.74, 6) is 11.3. The fourth-order valence-electron chi connectivity index (χ4n) is 21.3. The Morgan fingerprint density at radius 3 is 1.31 bits per heavy atom. The highest BCUT2D eigenvalue weighted by molar-refractivity contribution is 5.97. The molecule has 25 nitrogen and oxygen atoms in total. The Hall–Kier alpha value is -13.6. The van der Waals surface area contributed by atoms with E-state index < -0.39 is 0 Å². The molecule has 1 saturated carbocycles. The molecule has 0 unspecified atom stereocenters. The number of hydrogen-bond donors (Lipinski definition) is 3. The van der Waals surface area contributed by atoms with Gasteiger partial charge < -0.3 is 68.9 Å². The number of aryl methyl sites for hydroxylation is 2. The van der Waals surface area contributed by atoms with Crippen molar-refractivity contribution in [1.82, 2.24) is 59.5 Å². The molecule has 688 valence electrons. The van der Waals surface area contributed by atoms with Crippen molar-refractivity contribution in [3.8, 4) is 45.9 Å². The lowest BCUT2D eigenvalue weighted by Gasteiger charge is -2.59. The van der Waals surface area contributed by atoms with Crippen LogP contribution >= 0.6 is 0 Å². The van der Waals surface area contributed by atoms with Crippen LogP contribution in [0.1, 0.15) is 145 Å². The SMILES string of the molecule is COC[C@@H]1[C@@H](c2ccc(-c3cccc(C)c3)cc2)[C@@H]2CN(C(=O)NC3CCCCC3)CC(=O)N12.COC[C@@H]1[C@@H](c2ccc(-c3cccc(C)c3)cc2)[C@@H]2CN(C(=O)c3cnccn3)CC(=O)N12.O=C(C1CCOCC1)N1CC(=O)N2[C@H](CO)[C@H](c3ccc(C#Cc4cccc(F)c4)cc3)[C@H]2C1.O=C(c1ccccn1)N1CC(=O)N2[C@@H](CO)[C@@H](c3ccc(C#Cc4ccccc4)cc3)[C@@H]2C1. The summed E-state index contributed by atoms with van der Waals surface area (Å²) in [6.45, 7) is 8.27. The van der Waals surface area contributed by atoms with Gasteiger partial charge in [-0.05, 0) is 151 Å². The van der Waals surface area contributed by atoms with Crippen LogP contribution in [0.3, 0.4) is 0 Å². The summed E-state index contributed by atoms with van der Waals surface area (Å²) in [7, 11) is 3.34. The van der Waals surface area contributed by atoms with Crippen LogP contribution in [0, 0.1) is 49.3 Å². The number of halogens is 1. The molecular weight excluding hydrogens is 1690 g/mol. The van der Waals surface area contributed by atoms with Crippen LogP contribution in [0.4, 0.5) is 9.18 Å². The lowest BCUT2D eigenvalue weighted by molar-refractivity contribution is -0.169. The number of amides is 9. The molecule has 9 amide bonds. The number of piperazine rings is 4. The van der Waals surface area contributed by atoms with Gasteiger partial charge in [0.15, 0.2) is 0 Å². The van der Waals surface area contributed by atoms with E-state index >= 15 is 0 Å². The van der Waals surface area contributed by atoms with Crippen molar-refractivity contribution >= 4 is 47.4 Å². The first-order chi connectivity index (χ1) is 65.3. The van der Waals surface area contributed by atoms with Crippen molar-refractivity contribution in [2.45, 2.75) is 137 Å².